The van der Waals surface area contributed by atoms with E-state index in [1.54, 1.807) is 0 Å². The van der Waals surface area contributed by atoms with Gasteiger partial charge in [-0.05, 0) is 24.1 Å². The zero-order valence-electron chi connectivity index (χ0n) is 10.3. The summed E-state index contributed by atoms with van der Waals surface area (Å²) in [7, 11) is 1.84. The summed E-state index contributed by atoms with van der Waals surface area (Å²) >= 11 is 0. The van der Waals surface area contributed by atoms with Crippen LogP contribution in [0.25, 0.3) is 11.3 Å². The van der Waals surface area contributed by atoms with E-state index in [0.29, 0.717) is 0 Å². The lowest BCUT2D eigenvalue weighted by Crippen LogP contribution is -1.95. The average molecular weight is 227 g/mol. The van der Waals surface area contributed by atoms with Crippen LogP contribution in [0.2, 0.25) is 0 Å². The first kappa shape index (κ1) is 11.6. The molecule has 0 saturated carbocycles. The smallest absolute Gasteiger partial charge is 0.148 e. The monoisotopic (exact) mass is 227 g/mol. The van der Waals surface area contributed by atoms with Crippen LogP contribution in [0.3, 0.4) is 0 Å². The lowest BCUT2D eigenvalue weighted by atomic mass is 10.1. The number of rotatable bonds is 4. The van der Waals surface area contributed by atoms with E-state index >= 15 is 0 Å². The predicted octanol–water partition coefficient (Wildman–Crippen LogP) is 3.14. The molecule has 17 heavy (non-hydrogen) atoms. The van der Waals surface area contributed by atoms with Crippen molar-refractivity contribution in [3.8, 4) is 11.3 Å². The van der Waals surface area contributed by atoms with Crippen LogP contribution in [-0.4, -0.2) is 17.2 Å². The van der Waals surface area contributed by atoms with Crippen LogP contribution in [0.1, 0.15) is 18.9 Å². The molecule has 3 nitrogen and oxygen atoms in total. The fraction of sp³-hybridized carbons (Fsp3) is 0.286. The number of hydrogen-bond acceptors (Lipinski definition) is 3. The fourth-order valence-corrected chi connectivity index (χ4v) is 1.75. The summed E-state index contributed by atoms with van der Waals surface area (Å²) in [6, 6.07) is 12.4. The van der Waals surface area contributed by atoms with E-state index in [-0.39, 0.29) is 0 Å². The maximum atomic E-state index is 4.18. The maximum absolute atomic E-state index is 4.18. The van der Waals surface area contributed by atoms with Gasteiger partial charge in [-0.2, -0.15) is 0 Å². The van der Waals surface area contributed by atoms with Crippen molar-refractivity contribution in [2.45, 2.75) is 19.8 Å². The number of aryl methyl sites for hydroxylation is 1. The Bertz CT molecular complexity index is 460. The molecule has 0 bridgehead atoms. The Kier molecular flexibility index (Phi) is 3.70. The second-order valence-electron chi connectivity index (χ2n) is 4.00. The number of nitrogens with zero attached hydrogens (tertiary/aromatic N) is 2. The number of aromatic nitrogens is 2. The molecule has 0 unspecified atom stereocenters. The minimum atomic E-state index is 0.788. The van der Waals surface area contributed by atoms with Gasteiger partial charge < -0.3 is 5.32 Å². The molecule has 1 aromatic heterocycles. The van der Waals surface area contributed by atoms with Crippen molar-refractivity contribution in [3.63, 3.8) is 0 Å². The first-order valence-corrected chi connectivity index (χ1v) is 5.94. The van der Waals surface area contributed by atoms with Gasteiger partial charge in [-0.3, -0.25) is 0 Å². The molecule has 0 aliphatic carbocycles. The summed E-state index contributed by atoms with van der Waals surface area (Å²) in [5.74, 6) is 0.788. The van der Waals surface area contributed by atoms with Crippen LogP contribution in [0, 0.1) is 0 Å². The second-order valence-corrected chi connectivity index (χ2v) is 4.00. The minimum Gasteiger partial charge on any atom is -0.372 e. The highest BCUT2D eigenvalue weighted by atomic mass is 15.2. The summed E-state index contributed by atoms with van der Waals surface area (Å²) in [5, 5.41) is 11.2. The van der Waals surface area contributed by atoms with Crippen molar-refractivity contribution in [3.05, 3.63) is 42.0 Å². The van der Waals surface area contributed by atoms with Gasteiger partial charge in [0.15, 0.2) is 0 Å². The molecule has 2 aromatic rings. The number of nitrogens with one attached hydrogen (secondary N) is 1. The molecule has 0 aliphatic rings. The Morgan fingerprint density at radius 3 is 2.29 bits per heavy atom. The normalized spacial score (nSPS) is 10.2. The summed E-state index contributed by atoms with van der Waals surface area (Å²) in [6.45, 7) is 2.19. The van der Waals surface area contributed by atoms with E-state index in [4.69, 9.17) is 0 Å². The highest BCUT2D eigenvalue weighted by Gasteiger charge is 2.00. The molecule has 0 spiro atoms. The van der Waals surface area contributed by atoms with Crippen molar-refractivity contribution in [1.29, 1.82) is 0 Å². The van der Waals surface area contributed by atoms with Crippen molar-refractivity contribution in [1.82, 2.24) is 10.2 Å². The number of hydrogen-bond donors (Lipinski definition) is 1. The van der Waals surface area contributed by atoms with Crippen molar-refractivity contribution in [2.75, 3.05) is 12.4 Å². The highest BCUT2D eigenvalue weighted by molar-refractivity contribution is 5.59. The Morgan fingerprint density at radius 1 is 1.00 bits per heavy atom. The summed E-state index contributed by atoms with van der Waals surface area (Å²) in [4.78, 5) is 0. The second kappa shape index (κ2) is 5.43. The van der Waals surface area contributed by atoms with E-state index in [1.807, 2.05) is 19.2 Å². The van der Waals surface area contributed by atoms with Gasteiger partial charge in [0.1, 0.15) is 5.82 Å². The van der Waals surface area contributed by atoms with E-state index in [9.17, 15) is 0 Å². The molecular formula is C14H17N3. The van der Waals surface area contributed by atoms with Crippen LogP contribution in [0.15, 0.2) is 36.4 Å². The van der Waals surface area contributed by atoms with Crippen molar-refractivity contribution < 1.29 is 0 Å². The zero-order valence-corrected chi connectivity index (χ0v) is 10.3. The van der Waals surface area contributed by atoms with Gasteiger partial charge >= 0.3 is 0 Å². The summed E-state index contributed by atoms with van der Waals surface area (Å²) in [6.07, 6.45) is 2.31. The standard InChI is InChI=1S/C14H17N3/c1-3-4-11-5-7-12(8-6-11)13-9-10-14(15-2)17-16-13/h5-10H,3-4H2,1-2H3,(H,15,17). The van der Waals surface area contributed by atoms with Crippen LogP contribution in [0.4, 0.5) is 5.82 Å². The molecule has 0 aliphatic heterocycles. The van der Waals surface area contributed by atoms with E-state index < -0.39 is 0 Å². The van der Waals surface area contributed by atoms with Crippen LogP contribution in [-0.2, 0) is 6.42 Å². The SMILES string of the molecule is CCCc1ccc(-c2ccc(NC)nn2)cc1. The van der Waals surface area contributed by atoms with E-state index in [1.165, 1.54) is 12.0 Å². The first-order valence-electron chi connectivity index (χ1n) is 5.94. The Hall–Kier alpha value is -1.90. The molecule has 88 valence electrons. The molecule has 0 saturated heterocycles. The van der Waals surface area contributed by atoms with Crippen molar-refractivity contribution >= 4 is 5.82 Å². The quantitative estimate of drug-likeness (QED) is 0.872. The molecular weight excluding hydrogens is 210 g/mol. The van der Waals surface area contributed by atoms with Gasteiger partial charge in [0.25, 0.3) is 0 Å². The highest BCUT2D eigenvalue weighted by Crippen LogP contribution is 2.18. The molecule has 0 atom stereocenters. The largest absolute Gasteiger partial charge is 0.372 e. The molecule has 0 fully saturated rings. The molecule has 1 N–H and O–H groups in total. The van der Waals surface area contributed by atoms with Gasteiger partial charge in [-0.1, -0.05) is 37.6 Å². The third kappa shape index (κ3) is 2.81. The van der Waals surface area contributed by atoms with Crippen LogP contribution in [0.5, 0.6) is 0 Å². The third-order valence-corrected chi connectivity index (χ3v) is 2.71. The number of benzene rings is 1. The minimum absolute atomic E-state index is 0.788. The zero-order chi connectivity index (χ0) is 12.1. The lowest BCUT2D eigenvalue weighted by molar-refractivity contribution is 0.922. The summed E-state index contributed by atoms with van der Waals surface area (Å²) < 4.78 is 0. The number of anilines is 1. The first-order chi connectivity index (χ1) is 8.33. The molecule has 1 aromatic carbocycles. The average Bonchev–Trinajstić information content (AvgIpc) is 2.40. The van der Waals surface area contributed by atoms with Gasteiger partial charge in [0, 0.05) is 12.6 Å². The van der Waals surface area contributed by atoms with Gasteiger partial charge in [-0.25, -0.2) is 0 Å². The summed E-state index contributed by atoms with van der Waals surface area (Å²) in [5.41, 5.74) is 3.39. The molecule has 0 amide bonds. The topological polar surface area (TPSA) is 37.8 Å². The molecule has 1 heterocycles. The van der Waals surface area contributed by atoms with E-state index in [2.05, 4.69) is 46.7 Å². The Morgan fingerprint density at radius 2 is 1.76 bits per heavy atom. The van der Waals surface area contributed by atoms with Gasteiger partial charge in [0.05, 0.1) is 5.69 Å². The van der Waals surface area contributed by atoms with Gasteiger partial charge in [0.2, 0.25) is 0 Å². The van der Waals surface area contributed by atoms with E-state index in [0.717, 1.165) is 23.5 Å². The van der Waals surface area contributed by atoms with Crippen LogP contribution >= 0.6 is 0 Å². The Labute approximate surface area is 102 Å². The molecule has 0 radical (unpaired) electrons. The van der Waals surface area contributed by atoms with Crippen molar-refractivity contribution in [2.24, 2.45) is 0 Å². The third-order valence-electron chi connectivity index (χ3n) is 2.71. The molecule has 3 heteroatoms. The molecule has 2 rings (SSSR count). The maximum Gasteiger partial charge on any atom is 0.148 e. The Balaban J connectivity index is 2.20. The van der Waals surface area contributed by atoms with Crippen LogP contribution < -0.4 is 5.32 Å². The predicted molar refractivity (Wildman–Crippen MR) is 71.0 cm³/mol. The lowest BCUT2D eigenvalue weighted by Gasteiger charge is -2.03. The fourth-order valence-electron chi connectivity index (χ4n) is 1.75. The van der Waals surface area contributed by atoms with Gasteiger partial charge in [-0.15, -0.1) is 10.2 Å².